The van der Waals surface area contributed by atoms with Gasteiger partial charge in [-0.25, -0.2) is 9.38 Å². The van der Waals surface area contributed by atoms with Crippen molar-refractivity contribution in [1.82, 2.24) is 0 Å². The van der Waals surface area contributed by atoms with E-state index in [1.165, 1.54) is 11.9 Å². The summed E-state index contributed by atoms with van der Waals surface area (Å²) in [6, 6.07) is 0. The van der Waals surface area contributed by atoms with Gasteiger partial charge in [-0.3, -0.25) is 0 Å². The fourth-order valence-electron chi connectivity index (χ4n) is 1.26. The first-order valence-corrected chi connectivity index (χ1v) is 6.82. The topological polar surface area (TPSA) is 50.7 Å². The van der Waals surface area contributed by atoms with Crippen LogP contribution in [0.15, 0.2) is 21.3 Å². The molecule has 0 amide bonds. The van der Waals surface area contributed by atoms with Gasteiger partial charge in [0, 0.05) is 11.2 Å². The van der Waals surface area contributed by atoms with Gasteiger partial charge in [0.2, 0.25) is 0 Å². The summed E-state index contributed by atoms with van der Waals surface area (Å²) in [4.78, 5) is 4.08. The molecule has 2 atom stereocenters. The lowest BCUT2D eigenvalue weighted by atomic mass is 10.0. The van der Waals surface area contributed by atoms with Crippen LogP contribution in [0.1, 0.15) is 40.0 Å². The van der Waals surface area contributed by atoms with Crippen LogP contribution in [0.2, 0.25) is 0 Å². The van der Waals surface area contributed by atoms with E-state index < -0.39 is 0 Å². The molecule has 1 heterocycles. The minimum Gasteiger partial charge on any atom is -0.387 e. The number of allylic oxidation sites excluding steroid dienone is 1. The van der Waals surface area contributed by atoms with Gasteiger partial charge < -0.3 is 5.73 Å². The summed E-state index contributed by atoms with van der Waals surface area (Å²) < 4.78 is 17.8. The summed E-state index contributed by atoms with van der Waals surface area (Å²) in [6.45, 7) is 6.12. The molecule has 0 aromatic carbocycles. The largest absolute Gasteiger partial charge is 0.387 e. The molecule has 96 valence electrons. The van der Waals surface area contributed by atoms with Crippen molar-refractivity contribution in [2.75, 3.05) is 0 Å². The molecule has 1 aliphatic rings. The lowest BCUT2D eigenvalue weighted by Crippen LogP contribution is -2.24. The van der Waals surface area contributed by atoms with E-state index >= 15 is 0 Å². The summed E-state index contributed by atoms with van der Waals surface area (Å²) in [7, 11) is 0. The highest BCUT2D eigenvalue weighted by Crippen LogP contribution is 2.20. The van der Waals surface area contributed by atoms with E-state index in [1.54, 1.807) is 6.08 Å². The van der Waals surface area contributed by atoms with Gasteiger partial charge in [-0.1, -0.05) is 20.8 Å². The first-order chi connectivity index (χ1) is 8.04. The highest BCUT2D eigenvalue weighted by molar-refractivity contribution is 7.98. The number of rotatable bonds is 3. The molecule has 2 N–H and O–H groups in total. The van der Waals surface area contributed by atoms with Crippen LogP contribution < -0.4 is 5.73 Å². The van der Waals surface area contributed by atoms with Crippen molar-refractivity contribution in [3.8, 4) is 0 Å². The molecule has 0 saturated carbocycles. The maximum atomic E-state index is 13.7. The molecule has 0 saturated heterocycles. The third-order valence-electron chi connectivity index (χ3n) is 2.77. The fraction of sp³-hybridized carbons (Fsp3) is 0.667. The van der Waals surface area contributed by atoms with Crippen LogP contribution in [0, 0.1) is 5.92 Å². The smallest absolute Gasteiger partial charge is 0.197 e. The van der Waals surface area contributed by atoms with Gasteiger partial charge in [-0.15, -0.1) is 0 Å². The van der Waals surface area contributed by atoms with Crippen molar-refractivity contribution in [3.63, 3.8) is 0 Å². The molecule has 0 radical (unpaired) electrons. The Morgan fingerprint density at radius 1 is 1.71 bits per heavy atom. The number of amidine groups is 2. The second-order valence-electron chi connectivity index (χ2n) is 4.31. The van der Waals surface area contributed by atoms with Gasteiger partial charge >= 0.3 is 0 Å². The summed E-state index contributed by atoms with van der Waals surface area (Å²) >= 11 is 1.35. The summed E-state index contributed by atoms with van der Waals surface area (Å²) in [5.41, 5.74) is 5.81. The van der Waals surface area contributed by atoms with Crippen molar-refractivity contribution in [2.24, 2.45) is 21.0 Å². The maximum absolute atomic E-state index is 13.7. The van der Waals surface area contributed by atoms with Crippen molar-refractivity contribution < 1.29 is 4.39 Å². The minimum atomic E-state index is -0.365. The Kier molecular flexibility index (Phi) is 5.68. The second-order valence-corrected chi connectivity index (χ2v) is 5.50. The van der Waals surface area contributed by atoms with Gasteiger partial charge in [0.25, 0.3) is 0 Å². The standard InChI is InChI=1S/C12H20FN3S/c1-4-9(3)17-16-12-10(13)7-5-6-8(2)11(14)15-12/h7-9H,4-6H2,1-3H3,(H2,14,15,16)/b10-7+. The van der Waals surface area contributed by atoms with E-state index in [4.69, 9.17) is 5.73 Å². The monoisotopic (exact) mass is 257 g/mol. The Morgan fingerprint density at radius 3 is 3.06 bits per heavy atom. The van der Waals surface area contributed by atoms with E-state index in [9.17, 15) is 4.39 Å². The van der Waals surface area contributed by atoms with Crippen molar-refractivity contribution in [1.29, 1.82) is 0 Å². The Morgan fingerprint density at radius 2 is 2.41 bits per heavy atom. The number of halogens is 1. The zero-order chi connectivity index (χ0) is 12.8. The molecule has 2 unspecified atom stereocenters. The normalized spacial score (nSPS) is 28.9. The number of nitrogens with zero attached hydrogens (tertiary/aromatic N) is 2. The average molecular weight is 257 g/mol. The van der Waals surface area contributed by atoms with Gasteiger partial charge in [0.1, 0.15) is 5.84 Å². The van der Waals surface area contributed by atoms with Crippen molar-refractivity contribution >= 4 is 23.6 Å². The van der Waals surface area contributed by atoms with E-state index in [-0.39, 0.29) is 17.6 Å². The zero-order valence-corrected chi connectivity index (χ0v) is 11.4. The highest BCUT2D eigenvalue weighted by atomic mass is 32.2. The molecule has 1 rings (SSSR count). The lowest BCUT2D eigenvalue weighted by Gasteiger charge is -2.13. The Bertz CT molecular complexity index is 350. The molecule has 5 heteroatoms. The summed E-state index contributed by atoms with van der Waals surface area (Å²) in [6.07, 6.45) is 4.04. The SMILES string of the molecule is CCC(C)SN=C1N=C(N)C(C)CC/C=C\1F. The molecule has 0 spiro atoms. The Labute approximate surface area is 107 Å². The lowest BCUT2D eigenvalue weighted by molar-refractivity contribution is 0.641. The maximum Gasteiger partial charge on any atom is 0.197 e. The molecular formula is C12H20FN3S. The number of hydrogen-bond donors (Lipinski definition) is 1. The molecule has 0 bridgehead atoms. The minimum absolute atomic E-state index is 0.124. The number of hydrogen-bond acceptors (Lipinski definition) is 3. The first-order valence-electron chi connectivity index (χ1n) is 5.98. The number of nitrogens with two attached hydrogens (primary N) is 1. The fourth-order valence-corrected chi connectivity index (χ4v) is 1.82. The van der Waals surface area contributed by atoms with Crippen LogP contribution >= 0.6 is 11.9 Å². The molecule has 1 aliphatic heterocycles. The molecule has 0 aromatic rings. The van der Waals surface area contributed by atoms with E-state index in [0.29, 0.717) is 17.5 Å². The molecule has 0 fully saturated rings. The van der Waals surface area contributed by atoms with Crippen LogP contribution in [-0.4, -0.2) is 16.9 Å². The van der Waals surface area contributed by atoms with Gasteiger partial charge in [-0.05, 0) is 37.3 Å². The van der Waals surface area contributed by atoms with Crippen LogP contribution in [0.3, 0.4) is 0 Å². The first kappa shape index (κ1) is 14.2. The Hall–Kier alpha value is -0.840. The van der Waals surface area contributed by atoms with Crippen molar-refractivity contribution in [2.45, 2.75) is 45.3 Å². The predicted molar refractivity (Wildman–Crippen MR) is 74.0 cm³/mol. The third-order valence-corrected chi connectivity index (χ3v) is 3.74. The van der Waals surface area contributed by atoms with Crippen LogP contribution in [0.25, 0.3) is 0 Å². The predicted octanol–water partition coefficient (Wildman–Crippen LogP) is 3.47. The number of aliphatic imine (C=N–C) groups is 1. The molecular weight excluding hydrogens is 237 g/mol. The molecule has 0 aliphatic carbocycles. The molecule has 0 aromatic heterocycles. The average Bonchev–Trinajstić information content (AvgIpc) is 2.31. The van der Waals surface area contributed by atoms with Crippen LogP contribution in [0.5, 0.6) is 0 Å². The summed E-state index contributed by atoms with van der Waals surface area (Å²) in [5, 5.41) is 0.356. The molecule has 17 heavy (non-hydrogen) atoms. The van der Waals surface area contributed by atoms with Crippen LogP contribution in [0.4, 0.5) is 4.39 Å². The molecule has 3 nitrogen and oxygen atoms in total. The third kappa shape index (κ3) is 4.50. The van der Waals surface area contributed by atoms with Gasteiger partial charge in [0.15, 0.2) is 11.7 Å². The van der Waals surface area contributed by atoms with Gasteiger partial charge in [-0.2, -0.15) is 4.40 Å². The van der Waals surface area contributed by atoms with E-state index in [1.807, 2.05) is 6.92 Å². The van der Waals surface area contributed by atoms with Crippen LogP contribution in [-0.2, 0) is 0 Å². The van der Waals surface area contributed by atoms with E-state index in [0.717, 1.165) is 12.8 Å². The van der Waals surface area contributed by atoms with E-state index in [2.05, 4.69) is 23.2 Å². The zero-order valence-electron chi connectivity index (χ0n) is 10.6. The second kappa shape index (κ2) is 6.79. The van der Waals surface area contributed by atoms with Crippen molar-refractivity contribution in [3.05, 3.63) is 11.9 Å². The highest BCUT2D eigenvalue weighted by Gasteiger charge is 2.14. The summed E-state index contributed by atoms with van der Waals surface area (Å²) in [5.74, 6) is 0.407. The Balaban J connectivity index is 2.87. The quantitative estimate of drug-likeness (QED) is 0.787. The van der Waals surface area contributed by atoms with Gasteiger partial charge in [0.05, 0.1) is 0 Å².